The van der Waals surface area contributed by atoms with Gasteiger partial charge in [-0.25, -0.2) is 9.78 Å². The predicted molar refractivity (Wildman–Crippen MR) is 80.0 cm³/mol. The molecule has 6 nitrogen and oxygen atoms in total. The molecule has 3 heterocycles. The molecule has 3 rings (SSSR count). The molecule has 0 aromatic carbocycles. The quantitative estimate of drug-likeness (QED) is 0.806. The van der Waals surface area contributed by atoms with E-state index in [9.17, 15) is 4.79 Å². The second-order valence-electron chi connectivity index (χ2n) is 6.35. The minimum atomic E-state index is -0.481. The van der Waals surface area contributed by atoms with Crippen LogP contribution in [0.1, 0.15) is 32.2 Å². The molecule has 0 radical (unpaired) electrons. The van der Waals surface area contributed by atoms with Crippen molar-refractivity contribution in [3.63, 3.8) is 0 Å². The van der Waals surface area contributed by atoms with Gasteiger partial charge in [-0.15, -0.1) is 0 Å². The Labute approximate surface area is 123 Å². The van der Waals surface area contributed by atoms with Crippen LogP contribution in [0.15, 0.2) is 18.3 Å². The molecule has 2 aromatic rings. The van der Waals surface area contributed by atoms with Crippen molar-refractivity contribution < 1.29 is 9.53 Å². The lowest BCUT2D eigenvalue weighted by atomic mass is 10.1. The summed E-state index contributed by atoms with van der Waals surface area (Å²) in [5.41, 5.74) is 8.95. The zero-order chi connectivity index (χ0) is 15.2. The molecule has 6 heteroatoms. The van der Waals surface area contributed by atoms with Gasteiger partial charge in [-0.2, -0.15) is 0 Å². The van der Waals surface area contributed by atoms with Gasteiger partial charge < -0.3 is 19.8 Å². The van der Waals surface area contributed by atoms with Gasteiger partial charge >= 0.3 is 6.09 Å². The average Bonchev–Trinajstić information content (AvgIpc) is 2.73. The number of nitrogens with two attached hydrogens (primary N) is 1. The summed E-state index contributed by atoms with van der Waals surface area (Å²) in [7, 11) is 0. The molecule has 2 N–H and O–H groups in total. The average molecular weight is 288 g/mol. The Balaban J connectivity index is 1.86. The van der Waals surface area contributed by atoms with E-state index in [2.05, 4.69) is 4.98 Å². The number of carbonyl (C=O) groups excluding carboxylic acids is 1. The molecule has 0 bridgehead atoms. The summed E-state index contributed by atoms with van der Waals surface area (Å²) in [5.74, 6) is 0. The van der Waals surface area contributed by atoms with E-state index in [1.54, 1.807) is 4.90 Å². The van der Waals surface area contributed by atoms with E-state index in [1.165, 1.54) is 0 Å². The maximum absolute atomic E-state index is 12.1. The highest BCUT2D eigenvalue weighted by atomic mass is 16.6. The van der Waals surface area contributed by atoms with Crippen LogP contribution in [0, 0.1) is 0 Å². The van der Waals surface area contributed by atoms with E-state index in [1.807, 2.05) is 43.5 Å². The fourth-order valence-electron chi connectivity index (χ4n) is 2.53. The molecule has 112 valence electrons. The fourth-order valence-corrected chi connectivity index (χ4v) is 2.53. The van der Waals surface area contributed by atoms with Crippen LogP contribution in [0.5, 0.6) is 0 Å². The van der Waals surface area contributed by atoms with Crippen LogP contribution in [0.2, 0.25) is 0 Å². The number of amides is 1. The van der Waals surface area contributed by atoms with Gasteiger partial charge in [0.15, 0.2) is 0 Å². The number of hydrogen-bond acceptors (Lipinski definition) is 4. The van der Waals surface area contributed by atoms with Crippen molar-refractivity contribution >= 4 is 17.4 Å². The maximum atomic E-state index is 12.1. The first kappa shape index (κ1) is 13.7. The fraction of sp³-hybridized carbons (Fsp3) is 0.467. The standard InChI is InChI=1S/C15H20N4O2/c1-15(2,3)21-14(20)18-7-6-12-11(9-18)17-13-5-4-10(16)8-19(12)13/h4-5,8H,6-7,9,16H2,1-3H3. The van der Waals surface area contributed by atoms with Gasteiger partial charge in [0.1, 0.15) is 11.2 Å². The molecule has 1 aliphatic heterocycles. The molecule has 0 spiro atoms. The van der Waals surface area contributed by atoms with Gasteiger partial charge in [0, 0.05) is 30.5 Å². The summed E-state index contributed by atoms with van der Waals surface area (Å²) in [6, 6.07) is 3.73. The molecule has 0 saturated heterocycles. The normalized spacial score (nSPS) is 15.1. The van der Waals surface area contributed by atoms with Crippen molar-refractivity contribution in [2.24, 2.45) is 0 Å². The van der Waals surface area contributed by atoms with Crippen molar-refractivity contribution in [1.29, 1.82) is 0 Å². The number of nitrogen functional groups attached to an aromatic ring is 1. The highest BCUT2D eigenvalue weighted by Crippen LogP contribution is 2.23. The largest absolute Gasteiger partial charge is 0.444 e. The zero-order valence-corrected chi connectivity index (χ0v) is 12.6. The van der Waals surface area contributed by atoms with Crippen LogP contribution in [-0.4, -0.2) is 32.5 Å². The summed E-state index contributed by atoms with van der Waals surface area (Å²) < 4.78 is 7.43. The molecule has 1 amide bonds. The van der Waals surface area contributed by atoms with Crippen molar-refractivity contribution in [1.82, 2.24) is 14.3 Å². The SMILES string of the molecule is CC(C)(C)OC(=O)N1CCc2c(nc3ccc(N)cn23)C1. The van der Waals surface area contributed by atoms with Gasteiger partial charge in [0.25, 0.3) is 0 Å². The molecule has 0 saturated carbocycles. The first-order chi connectivity index (χ1) is 9.83. The maximum Gasteiger partial charge on any atom is 0.410 e. The molecule has 2 aromatic heterocycles. The van der Waals surface area contributed by atoms with Gasteiger partial charge in [-0.1, -0.05) is 0 Å². The van der Waals surface area contributed by atoms with Crippen molar-refractivity contribution in [3.8, 4) is 0 Å². The minimum Gasteiger partial charge on any atom is -0.444 e. The number of rotatable bonds is 0. The van der Waals surface area contributed by atoms with E-state index in [-0.39, 0.29) is 6.09 Å². The molecule has 0 unspecified atom stereocenters. The van der Waals surface area contributed by atoms with E-state index in [0.29, 0.717) is 18.8 Å². The molecule has 1 aliphatic rings. The lowest BCUT2D eigenvalue weighted by Crippen LogP contribution is -2.40. The second kappa shape index (κ2) is 4.65. The monoisotopic (exact) mass is 288 g/mol. The summed E-state index contributed by atoms with van der Waals surface area (Å²) in [5, 5.41) is 0. The number of fused-ring (bicyclic) bond motifs is 3. The minimum absolute atomic E-state index is 0.287. The topological polar surface area (TPSA) is 72.9 Å². The smallest absolute Gasteiger partial charge is 0.410 e. The Morgan fingerprint density at radius 3 is 2.86 bits per heavy atom. The third-order valence-corrected chi connectivity index (χ3v) is 3.43. The second-order valence-corrected chi connectivity index (χ2v) is 6.35. The van der Waals surface area contributed by atoms with Crippen LogP contribution in [-0.2, 0) is 17.7 Å². The zero-order valence-electron chi connectivity index (χ0n) is 12.6. The molecule has 0 aliphatic carbocycles. The van der Waals surface area contributed by atoms with Crippen molar-refractivity contribution in [2.45, 2.75) is 39.3 Å². The molecule has 0 fully saturated rings. The van der Waals surface area contributed by atoms with Crippen LogP contribution >= 0.6 is 0 Å². The van der Waals surface area contributed by atoms with Crippen LogP contribution < -0.4 is 5.73 Å². The highest BCUT2D eigenvalue weighted by Gasteiger charge is 2.28. The first-order valence-electron chi connectivity index (χ1n) is 7.07. The number of ether oxygens (including phenoxy) is 1. The number of hydrogen-bond donors (Lipinski definition) is 1. The third-order valence-electron chi connectivity index (χ3n) is 3.43. The van der Waals surface area contributed by atoms with E-state index in [0.717, 1.165) is 23.5 Å². The predicted octanol–water partition coefficient (Wildman–Crippen LogP) is 2.21. The van der Waals surface area contributed by atoms with E-state index >= 15 is 0 Å². The van der Waals surface area contributed by atoms with Crippen molar-refractivity contribution in [3.05, 3.63) is 29.7 Å². The summed E-state index contributed by atoms with van der Waals surface area (Å²) in [4.78, 5) is 18.4. The Bertz CT molecular complexity index is 699. The van der Waals surface area contributed by atoms with Crippen LogP contribution in [0.4, 0.5) is 10.5 Å². The summed E-state index contributed by atoms with van der Waals surface area (Å²) in [6.45, 7) is 6.71. The Hall–Kier alpha value is -2.24. The Morgan fingerprint density at radius 1 is 1.38 bits per heavy atom. The van der Waals surface area contributed by atoms with Gasteiger partial charge in [-0.3, -0.25) is 0 Å². The van der Waals surface area contributed by atoms with Crippen molar-refractivity contribution in [2.75, 3.05) is 12.3 Å². The van der Waals surface area contributed by atoms with E-state index in [4.69, 9.17) is 10.5 Å². The third kappa shape index (κ3) is 2.66. The number of anilines is 1. The summed E-state index contributed by atoms with van der Waals surface area (Å²) >= 11 is 0. The first-order valence-corrected chi connectivity index (χ1v) is 7.07. The lowest BCUT2D eigenvalue weighted by Gasteiger charge is -2.29. The van der Waals surface area contributed by atoms with E-state index < -0.39 is 5.60 Å². The van der Waals surface area contributed by atoms with Gasteiger partial charge in [0.05, 0.1) is 12.2 Å². The van der Waals surface area contributed by atoms with Gasteiger partial charge in [-0.05, 0) is 32.9 Å². The number of imidazole rings is 1. The number of pyridine rings is 1. The van der Waals surface area contributed by atoms with Crippen LogP contribution in [0.3, 0.4) is 0 Å². The Morgan fingerprint density at radius 2 is 2.14 bits per heavy atom. The molecule has 0 atom stereocenters. The number of nitrogens with zero attached hydrogens (tertiary/aromatic N) is 3. The molecular formula is C15H20N4O2. The Kier molecular flexibility index (Phi) is 3.04. The van der Waals surface area contributed by atoms with Crippen LogP contribution in [0.25, 0.3) is 5.65 Å². The number of aromatic nitrogens is 2. The van der Waals surface area contributed by atoms with Gasteiger partial charge in [0.2, 0.25) is 0 Å². The molecule has 21 heavy (non-hydrogen) atoms. The lowest BCUT2D eigenvalue weighted by molar-refractivity contribution is 0.0220. The highest BCUT2D eigenvalue weighted by molar-refractivity contribution is 5.68. The number of carbonyl (C=O) groups is 1. The molecular weight excluding hydrogens is 268 g/mol. The summed E-state index contributed by atoms with van der Waals surface area (Å²) in [6.07, 6.45) is 2.34.